The zero-order valence-corrected chi connectivity index (χ0v) is 16.5. The molecular weight excluding hydrogens is 389 g/mol. The van der Waals surface area contributed by atoms with Crippen LogP contribution in [0.2, 0.25) is 0 Å². The number of esters is 1. The lowest BCUT2D eigenvalue weighted by Gasteiger charge is -2.33. The first-order valence-electron chi connectivity index (χ1n) is 8.81. The molecule has 0 saturated heterocycles. The summed E-state index contributed by atoms with van der Waals surface area (Å²) in [6, 6.07) is 5.91. The molecule has 0 bridgehead atoms. The normalized spacial score (nSPS) is 22.1. The highest BCUT2D eigenvalue weighted by molar-refractivity contribution is 8.04. The highest BCUT2D eigenvalue weighted by atomic mass is 35.5. The predicted octanol–water partition coefficient (Wildman–Crippen LogP) is 4.38. The van der Waals surface area contributed by atoms with Crippen LogP contribution in [0.3, 0.4) is 0 Å². The van der Waals surface area contributed by atoms with Gasteiger partial charge in [-0.05, 0) is 30.6 Å². The van der Waals surface area contributed by atoms with E-state index >= 15 is 0 Å². The van der Waals surface area contributed by atoms with Crippen LogP contribution in [-0.2, 0) is 14.3 Å². The van der Waals surface area contributed by atoms with Crippen LogP contribution in [-0.4, -0.2) is 28.6 Å². The molecule has 3 aliphatic rings. The van der Waals surface area contributed by atoms with Gasteiger partial charge >= 0.3 is 5.97 Å². The molecule has 0 aromatic heterocycles. The zero-order chi connectivity index (χ0) is 18.3. The van der Waals surface area contributed by atoms with Gasteiger partial charge in [0.25, 0.3) is 0 Å². The Kier molecular flexibility index (Phi) is 5.96. The first kappa shape index (κ1) is 20.0. The van der Waals surface area contributed by atoms with Crippen LogP contribution >= 0.6 is 24.2 Å². The summed E-state index contributed by atoms with van der Waals surface area (Å²) in [4.78, 5) is 27.1. The second-order valence-corrected chi connectivity index (χ2v) is 8.12. The molecule has 4 rings (SSSR count). The molecule has 144 valence electrons. The monoisotopic (exact) mass is 409 g/mol. The number of benzene rings is 1. The Morgan fingerprint density at radius 3 is 2.70 bits per heavy atom. The van der Waals surface area contributed by atoms with Crippen LogP contribution < -0.4 is 0 Å². The van der Waals surface area contributed by atoms with Crippen molar-refractivity contribution in [3.05, 3.63) is 58.4 Å². The van der Waals surface area contributed by atoms with E-state index in [1.165, 1.54) is 24.8 Å². The second kappa shape index (κ2) is 8.07. The number of allylic oxidation sites excluding steroid dienone is 1. The number of hydrogen-bond acceptors (Lipinski definition) is 5. The number of rotatable bonds is 5. The standard InChI is InChI=1S/C20H20FNO3S.ClH/c1-12(23)25-18-10-14-11-22(9-8-17(14)26-18)19(20(24)13-6-7-13)15-4-2-3-5-16(15)21;/h2-5,8-9,13,18-19H,6-7,10-11H2,1H3;1H. The molecule has 2 aliphatic heterocycles. The minimum Gasteiger partial charge on any atom is -0.451 e. The summed E-state index contributed by atoms with van der Waals surface area (Å²) in [6.45, 7) is 1.95. The van der Waals surface area contributed by atoms with E-state index < -0.39 is 6.04 Å². The quantitative estimate of drug-likeness (QED) is 0.675. The van der Waals surface area contributed by atoms with Gasteiger partial charge in [-0.2, -0.15) is 0 Å². The Labute approximate surface area is 168 Å². The van der Waals surface area contributed by atoms with E-state index in [1.54, 1.807) is 18.2 Å². The molecule has 0 radical (unpaired) electrons. The molecule has 1 aliphatic carbocycles. The van der Waals surface area contributed by atoms with Crippen molar-refractivity contribution in [2.75, 3.05) is 6.54 Å². The first-order chi connectivity index (χ1) is 12.5. The van der Waals surface area contributed by atoms with E-state index in [4.69, 9.17) is 4.74 Å². The first-order valence-corrected chi connectivity index (χ1v) is 9.69. The molecule has 1 fully saturated rings. The highest BCUT2D eigenvalue weighted by Gasteiger charge is 2.40. The summed E-state index contributed by atoms with van der Waals surface area (Å²) in [5.41, 5.74) is 1.35. The SMILES string of the molecule is CC(=O)OC1CC2=C(C=CN(C(C(=O)C3CC3)c3ccccc3F)C2)S1.Cl. The van der Waals surface area contributed by atoms with Crippen LogP contribution in [0.5, 0.6) is 0 Å². The van der Waals surface area contributed by atoms with Gasteiger partial charge in [-0.15, -0.1) is 12.4 Å². The summed E-state index contributed by atoms with van der Waals surface area (Å²) in [7, 11) is 0. The Bertz CT molecular complexity index is 821. The van der Waals surface area contributed by atoms with Gasteiger partial charge in [-0.25, -0.2) is 4.39 Å². The molecule has 27 heavy (non-hydrogen) atoms. The topological polar surface area (TPSA) is 46.6 Å². The van der Waals surface area contributed by atoms with E-state index in [0.29, 0.717) is 18.5 Å². The molecule has 7 heteroatoms. The maximum atomic E-state index is 14.4. The largest absolute Gasteiger partial charge is 0.451 e. The number of carbonyl (C=O) groups is 2. The molecule has 2 heterocycles. The maximum absolute atomic E-state index is 14.4. The Hall–Kier alpha value is -1.79. The summed E-state index contributed by atoms with van der Waals surface area (Å²) >= 11 is 1.53. The van der Waals surface area contributed by atoms with E-state index in [0.717, 1.165) is 23.3 Å². The molecule has 4 nitrogen and oxygen atoms in total. The van der Waals surface area contributed by atoms with Crippen LogP contribution in [0.15, 0.2) is 47.0 Å². The average molecular weight is 410 g/mol. The molecule has 1 saturated carbocycles. The number of nitrogens with zero attached hydrogens (tertiary/aromatic N) is 1. The third-order valence-corrected chi connectivity index (χ3v) is 6.09. The fraction of sp³-hybridized carbons (Fsp3) is 0.400. The Balaban J connectivity index is 0.00000210. The van der Waals surface area contributed by atoms with E-state index in [-0.39, 0.29) is 41.3 Å². The molecule has 2 unspecified atom stereocenters. The van der Waals surface area contributed by atoms with Gasteiger partial charge in [0.15, 0.2) is 11.2 Å². The van der Waals surface area contributed by atoms with Crippen LogP contribution in [0.25, 0.3) is 0 Å². The van der Waals surface area contributed by atoms with Crippen molar-refractivity contribution < 1.29 is 18.7 Å². The highest BCUT2D eigenvalue weighted by Crippen LogP contribution is 2.44. The van der Waals surface area contributed by atoms with Crippen molar-refractivity contribution in [2.45, 2.75) is 37.7 Å². The molecule has 2 atom stereocenters. The molecule has 0 amide bonds. The van der Waals surface area contributed by atoms with Crippen molar-refractivity contribution in [3.63, 3.8) is 0 Å². The number of halogens is 2. The third-order valence-electron chi connectivity index (χ3n) is 4.89. The van der Waals surface area contributed by atoms with Crippen LogP contribution in [0.4, 0.5) is 4.39 Å². The predicted molar refractivity (Wildman–Crippen MR) is 105 cm³/mol. The summed E-state index contributed by atoms with van der Waals surface area (Å²) in [6.07, 6.45) is 6.24. The number of thioether (sulfide) groups is 1. The lowest BCUT2D eigenvalue weighted by atomic mass is 9.96. The molecule has 0 spiro atoms. The Morgan fingerprint density at radius 1 is 1.30 bits per heavy atom. The van der Waals surface area contributed by atoms with Crippen LogP contribution in [0, 0.1) is 11.7 Å². The van der Waals surface area contributed by atoms with Gasteiger partial charge < -0.3 is 9.64 Å². The smallest absolute Gasteiger partial charge is 0.303 e. The van der Waals surface area contributed by atoms with Crippen molar-refractivity contribution in [1.29, 1.82) is 0 Å². The minimum atomic E-state index is -0.605. The molecule has 0 N–H and O–H groups in total. The van der Waals surface area contributed by atoms with Gasteiger partial charge in [0, 0.05) is 42.5 Å². The fourth-order valence-corrected chi connectivity index (χ4v) is 4.72. The third kappa shape index (κ3) is 4.22. The van der Waals surface area contributed by atoms with Crippen LogP contribution in [0.1, 0.15) is 37.8 Å². The zero-order valence-electron chi connectivity index (χ0n) is 14.9. The maximum Gasteiger partial charge on any atom is 0.303 e. The van der Waals surface area contributed by atoms with Crippen molar-refractivity contribution >= 4 is 35.9 Å². The van der Waals surface area contributed by atoms with Crippen molar-refractivity contribution in [2.24, 2.45) is 5.92 Å². The molecular formula is C20H21ClFNO3S. The van der Waals surface area contributed by atoms with Crippen molar-refractivity contribution in [3.8, 4) is 0 Å². The second-order valence-electron chi connectivity index (χ2n) is 6.92. The number of hydrogen-bond donors (Lipinski definition) is 0. The number of Topliss-reactive ketones (excluding diaryl/α,β-unsaturated/α-hetero) is 1. The summed E-state index contributed by atoms with van der Waals surface area (Å²) in [5.74, 6) is -0.518. The fourth-order valence-electron chi connectivity index (χ4n) is 3.52. The summed E-state index contributed by atoms with van der Waals surface area (Å²) < 4.78 is 19.7. The average Bonchev–Trinajstić information content (AvgIpc) is 3.37. The lowest BCUT2D eigenvalue weighted by Crippen LogP contribution is -2.34. The minimum absolute atomic E-state index is 0. The lowest BCUT2D eigenvalue weighted by molar-refractivity contribution is -0.142. The van der Waals surface area contributed by atoms with E-state index in [9.17, 15) is 14.0 Å². The van der Waals surface area contributed by atoms with Gasteiger partial charge in [0.05, 0.1) is 0 Å². The van der Waals surface area contributed by atoms with Gasteiger partial charge in [-0.3, -0.25) is 9.59 Å². The summed E-state index contributed by atoms with van der Waals surface area (Å²) in [5, 5.41) is 0. The molecule has 1 aromatic rings. The molecule has 1 aromatic carbocycles. The van der Waals surface area contributed by atoms with Gasteiger partial charge in [0.1, 0.15) is 11.9 Å². The van der Waals surface area contributed by atoms with E-state index in [2.05, 4.69) is 0 Å². The van der Waals surface area contributed by atoms with Gasteiger partial charge in [-0.1, -0.05) is 30.0 Å². The Morgan fingerprint density at radius 2 is 2.04 bits per heavy atom. The number of ether oxygens (including phenoxy) is 1. The number of carbonyl (C=O) groups excluding carboxylic acids is 2. The van der Waals surface area contributed by atoms with E-state index in [1.807, 2.05) is 17.2 Å². The van der Waals surface area contributed by atoms with Crippen molar-refractivity contribution in [1.82, 2.24) is 4.90 Å². The van der Waals surface area contributed by atoms with Gasteiger partial charge in [0.2, 0.25) is 0 Å². The number of ketones is 1.